The number of hydrogen-bond donors (Lipinski definition) is 2. The Hall–Kier alpha value is -2.06. The van der Waals surface area contributed by atoms with Crippen LogP contribution in [0.5, 0.6) is 0 Å². The van der Waals surface area contributed by atoms with Crippen molar-refractivity contribution in [2.24, 2.45) is 0 Å². The molecule has 0 aliphatic heterocycles. The SMILES string of the molecule is CC(C)(C)OC=O.O=S(=O)(NC1CCCCC1)c1cc(-c2cc3ccc(Cl)cc3[nH]2)ccc1Cl. The van der Waals surface area contributed by atoms with Gasteiger partial charge in [0.15, 0.2) is 0 Å². The van der Waals surface area contributed by atoms with Gasteiger partial charge in [0.05, 0.1) is 5.02 Å². The maximum absolute atomic E-state index is 12.9. The van der Waals surface area contributed by atoms with Gasteiger partial charge in [0.2, 0.25) is 10.0 Å². The Kier molecular flexibility index (Phi) is 8.68. The number of halogens is 2. The molecular weight excluding hydrogens is 495 g/mol. The largest absolute Gasteiger partial charge is 0.462 e. The fourth-order valence-corrected chi connectivity index (χ4v) is 5.78. The number of ether oxygens (including phenoxy) is 1. The van der Waals surface area contributed by atoms with Crippen molar-refractivity contribution in [1.29, 1.82) is 0 Å². The first kappa shape index (κ1) is 26.5. The number of H-pyrrole nitrogens is 1. The van der Waals surface area contributed by atoms with Crippen LogP contribution in [0.2, 0.25) is 10.0 Å². The van der Waals surface area contributed by atoms with Crippen LogP contribution in [0.1, 0.15) is 52.9 Å². The molecule has 1 aliphatic carbocycles. The lowest BCUT2D eigenvalue weighted by molar-refractivity contribution is -0.138. The van der Waals surface area contributed by atoms with Gasteiger partial charge in [-0.25, -0.2) is 13.1 Å². The molecule has 0 spiro atoms. The van der Waals surface area contributed by atoms with E-state index >= 15 is 0 Å². The molecule has 1 aromatic heterocycles. The molecule has 0 unspecified atom stereocenters. The van der Waals surface area contributed by atoms with E-state index in [0.29, 0.717) is 11.5 Å². The monoisotopic (exact) mass is 524 g/mol. The molecule has 1 fully saturated rings. The predicted molar refractivity (Wildman–Crippen MR) is 138 cm³/mol. The first-order valence-electron chi connectivity index (χ1n) is 11.2. The van der Waals surface area contributed by atoms with E-state index < -0.39 is 10.0 Å². The number of aromatic nitrogens is 1. The fourth-order valence-electron chi connectivity index (χ4n) is 3.78. The number of rotatable bonds is 5. The average molecular weight is 525 g/mol. The number of nitrogens with one attached hydrogen (secondary N) is 2. The third kappa shape index (κ3) is 7.22. The van der Waals surface area contributed by atoms with Gasteiger partial charge in [0.25, 0.3) is 6.47 Å². The molecule has 2 aromatic carbocycles. The summed E-state index contributed by atoms with van der Waals surface area (Å²) in [6, 6.07) is 12.6. The lowest BCUT2D eigenvalue weighted by Crippen LogP contribution is -2.36. The van der Waals surface area contributed by atoms with Crippen molar-refractivity contribution in [3.63, 3.8) is 0 Å². The highest BCUT2D eigenvalue weighted by molar-refractivity contribution is 7.89. The molecule has 0 amide bonds. The van der Waals surface area contributed by atoms with Crippen LogP contribution < -0.4 is 4.72 Å². The van der Waals surface area contributed by atoms with Crippen LogP contribution in [0.25, 0.3) is 22.2 Å². The van der Waals surface area contributed by atoms with Crippen LogP contribution in [0, 0.1) is 0 Å². The van der Waals surface area contributed by atoms with Gasteiger partial charge >= 0.3 is 0 Å². The zero-order valence-corrected chi connectivity index (χ0v) is 21.9. The molecule has 1 aliphatic rings. The number of benzene rings is 2. The van der Waals surface area contributed by atoms with Crippen molar-refractivity contribution in [3.8, 4) is 11.3 Å². The zero-order chi connectivity index (χ0) is 24.9. The molecule has 184 valence electrons. The van der Waals surface area contributed by atoms with Gasteiger partial charge in [-0.3, -0.25) is 4.79 Å². The Balaban J connectivity index is 0.000000406. The summed E-state index contributed by atoms with van der Waals surface area (Å²) in [7, 11) is -3.67. The van der Waals surface area contributed by atoms with Crippen LogP contribution in [-0.2, 0) is 19.6 Å². The normalized spacial score (nSPS) is 15.0. The summed E-state index contributed by atoms with van der Waals surface area (Å²) in [5.74, 6) is 0. The maximum Gasteiger partial charge on any atom is 0.293 e. The number of sulfonamides is 1. The van der Waals surface area contributed by atoms with E-state index in [-0.39, 0.29) is 21.6 Å². The highest BCUT2D eigenvalue weighted by atomic mass is 35.5. The molecule has 0 atom stereocenters. The van der Waals surface area contributed by atoms with Crippen molar-refractivity contribution >= 4 is 50.6 Å². The molecule has 4 rings (SSSR count). The summed E-state index contributed by atoms with van der Waals surface area (Å²) in [4.78, 5) is 13.0. The minimum Gasteiger partial charge on any atom is -0.462 e. The first-order chi connectivity index (χ1) is 16.0. The summed E-state index contributed by atoms with van der Waals surface area (Å²) < 4.78 is 33.2. The van der Waals surface area contributed by atoms with E-state index in [0.717, 1.165) is 47.8 Å². The number of aromatic amines is 1. The summed E-state index contributed by atoms with van der Waals surface area (Å²) in [5.41, 5.74) is 2.16. The van der Waals surface area contributed by atoms with Crippen molar-refractivity contribution in [2.45, 2.75) is 69.4 Å². The predicted octanol–water partition coefficient (Wildman–Crippen LogP) is 6.71. The summed E-state index contributed by atoms with van der Waals surface area (Å²) in [6.07, 6.45) is 5.02. The van der Waals surface area contributed by atoms with Gasteiger partial charge in [0, 0.05) is 27.7 Å². The molecule has 2 N–H and O–H groups in total. The van der Waals surface area contributed by atoms with Gasteiger partial charge in [-0.15, -0.1) is 0 Å². The fraction of sp³-hybridized carbons (Fsp3) is 0.400. The van der Waals surface area contributed by atoms with Crippen LogP contribution in [-0.4, -0.2) is 31.5 Å². The van der Waals surface area contributed by atoms with E-state index in [2.05, 4.69) is 14.4 Å². The van der Waals surface area contributed by atoms with E-state index in [1.165, 1.54) is 6.42 Å². The van der Waals surface area contributed by atoms with Gasteiger partial charge < -0.3 is 9.72 Å². The Labute approximate surface area is 211 Å². The summed E-state index contributed by atoms with van der Waals surface area (Å²) in [6.45, 7) is 5.92. The minimum atomic E-state index is -3.67. The highest BCUT2D eigenvalue weighted by Crippen LogP contribution is 2.31. The molecule has 0 bridgehead atoms. The standard InChI is InChI=1S/C20H20Cl2N2O2S.C5H10O2/c21-15-8-6-13-10-18(23-19(13)12-15)14-7-9-17(22)20(11-14)27(25,26)24-16-4-2-1-3-5-16;1-5(2,3)7-4-6/h6-12,16,23-24H,1-5H2;4H,1-3H3. The molecule has 0 saturated heterocycles. The Morgan fingerprint density at radius 1 is 1.03 bits per heavy atom. The number of carbonyl (C=O) groups is 1. The van der Waals surface area contributed by atoms with Gasteiger partial charge in [0.1, 0.15) is 10.5 Å². The molecule has 0 radical (unpaired) electrons. The van der Waals surface area contributed by atoms with Crippen LogP contribution in [0.3, 0.4) is 0 Å². The van der Waals surface area contributed by atoms with Crippen molar-refractivity contribution in [3.05, 3.63) is 52.5 Å². The van der Waals surface area contributed by atoms with Crippen molar-refractivity contribution in [1.82, 2.24) is 9.71 Å². The highest BCUT2D eigenvalue weighted by Gasteiger charge is 2.24. The topological polar surface area (TPSA) is 88.3 Å². The third-order valence-electron chi connectivity index (χ3n) is 5.44. The van der Waals surface area contributed by atoms with Gasteiger partial charge in [-0.1, -0.05) is 54.6 Å². The lowest BCUT2D eigenvalue weighted by atomic mass is 9.96. The summed E-state index contributed by atoms with van der Waals surface area (Å²) >= 11 is 12.3. The molecular formula is C25H30Cl2N2O4S. The molecule has 6 nitrogen and oxygen atoms in total. The Bertz CT molecular complexity index is 1240. The van der Waals surface area contributed by atoms with Crippen LogP contribution in [0.15, 0.2) is 47.4 Å². The zero-order valence-electron chi connectivity index (χ0n) is 19.5. The van der Waals surface area contributed by atoms with Crippen LogP contribution in [0.4, 0.5) is 0 Å². The van der Waals surface area contributed by atoms with E-state index in [4.69, 9.17) is 23.2 Å². The quantitative estimate of drug-likeness (QED) is 0.363. The van der Waals surface area contributed by atoms with Crippen molar-refractivity contribution < 1.29 is 17.9 Å². The Morgan fingerprint density at radius 3 is 2.35 bits per heavy atom. The van der Waals surface area contributed by atoms with Crippen molar-refractivity contribution in [2.75, 3.05) is 0 Å². The number of hydrogen-bond acceptors (Lipinski definition) is 4. The van der Waals surface area contributed by atoms with Crippen LogP contribution >= 0.6 is 23.2 Å². The smallest absolute Gasteiger partial charge is 0.293 e. The number of carbonyl (C=O) groups excluding carboxylic acids is 1. The summed E-state index contributed by atoms with van der Waals surface area (Å²) in [5, 5.41) is 1.88. The molecule has 1 saturated carbocycles. The minimum absolute atomic E-state index is 0.0151. The second kappa shape index (κ2) is 11.1. The van der Waals surface area contributed by atoms with E-state index in [1.807, 2.05) is 51.1 Å². The lowest BCUT2D eigenvalue weighted by Gasteiger charge is -2.23. The Morgan fingerprint density at radius 2 is 1.74 bits per heavy atom. The number of fused-ring (bicyclic) bond motifs is 1. The third-order valence-corrected chi connectivity index (χ3v) is 7.68. The average Bonchev–Trinajstić information content (AvgIpc) is 3.17. The molecule has 1 heterocycles. The van der Waals surface area contributed by atoms with E-state index in [1.54, 1.807) is 12.1 Å². The molecule has 3 aromatic rings. The molecule has 34 heavy (non-hydrogen) atoms. The second-order valence-electron chi connectivity index (χ2n) is 9.34. The first-order valence-corrected chi connectivity index (χ1v) is 13.4. The van der Waals surface area contributed by atoms with Gasteiger partial charge in [-0.2, -0.15) is 0 Å². The van der Waals surface area contributed by atoms with E-state index in [9.17, 15) is 13.2 Å². The second-order valence-corrected chi connectivity index (χ2v) is 11.9. The maximum atomic E-state index is 12.9. The van der Waals surface area contributed by atoms with Gasteiger partial charge in [-0.05, 0) is 69.5 Å². The molecule has 9 heteroatoms.